The molecule has 1 amide bonds. The lowest BCUT2D eigenvalue weighted by molar-refractivity contribution is -0.116. The smallest absolute Gasteiger partial charge is 0.220 e. The first kappa shape index (κ1) is 12.4. The van der Waals surface area contributed by atoms with Crippen molar-refractivity contribution in [2.75, 3.05) is 20.8 Å². The number of amides is 1. The van der Waals surface area contributed by atoms with Crippen LogP contribution in [0.5, 0.6) is 11.5 Å². The maximum Gasteiger partial charge on any atom is 0.220 e. The van der Waals surface area contributed by atoms with Crippen molar-refractivity contribution in [1.82, 2.24) is 5.32 Å². The van der Waals surface area contributed by atoms with Crippen molar-refractivity contribution in [3.8, 4) is 11.5 Å². The lowest BCUT2D eigenvalue weighted by atomic mass is 10.1. The van der Waals surface area contributed by atoms with Crippen LogP contribution < -0.4 is 14.8 Å². The molecule has 0 fully saturated rings. The van der Waals surface area contributed by atoms with E-state index in [1.807, 2.05) is 18.2 Å². The summed E-state index contributed by atoms with van der Waals surface area (Å²) < 4.78 is 10.3. The van der Waals surface area contributed by atoms with Crippen LogP contribution in [-0.4, -0.2) is 26.7 Å². The topological polar surface area (TPSA) is 47.6 Å². The lowest BCUT2D eigenvalue weighted by Gasteiger charge is -2.09. The second kappa shape index (κ2) is 6.00. The van der Waals surface area contributed by atoms with Crippen molar-refractivity contribution in [1.29, 1.82) is 0 Å². The molecule has 1 radical (unpaired) electrons. The second-order valence-corrected chi connectivity index (χ2v) is 3.29. The molecule has 0 saturated carbocycles. The molecule has 0 aliphatic heterocycles. The third-order valence-electron chi connectivity index (χ3n) is 2.18. The van der Waals surface area contributed by atoms with Crippen molar-refractivity contribution in [2.45, 2.75) is 6.42 Å². The summed E-state index contributed by atoms with van der Waals surface area (Å²) in [5.74, 6) is 1.13. The van der Waals surface area contributed by atoms with Crippen LogP contribution >= 0.6 is 0 Å². The van der Waals surface area contributed by atoms with Gasteiger partial charge in [-0.25, -0.2) is 0 Å². The summed E-state index contributed by atoms with van der Waals surface area (Å²) in [6, 6.07) is 5.69. The maximum absolute atomic E-state index is 10.6. The van der Waals surface area contributed by atoms with Crippen LogP contribution in [0.25, 0.3) is 0 Å². The summed E-state index contributed by atoms with van der Waals surface area (Å²) in [7, 11) is 3.19. The van der Waals surface area contributed by atoms with Gasteiger partial charge in [0.1, 0.15) is 0 Å². The van der Waals surface area contributed by atoms with Gasteiger partial charge in [-0.2, -0.15) is 0 Å². The zero-order valence-electron chi connectivity index (χ0n) is 9.58. The van der Waals surface area contributed by atoms with Gasteiger partial charge < -0.3 is 14.8 Å². The third kappa shape index (κ3) is 3.46. The molecule has 0 bridgehead atoms. The first-order valence-electron chi connectivity index (χ1n) is 4.98. The highest BCUT2D eigenvalue weighted by atomic mass is 16.5. The zero-order valence-corrected chi connectivity index (χ0v) is 9.58. The molecule has 1 aromatic rings. The number of hydrogen-bond donors (Lipinski definition) is 1. The molecular weight excluding hydrogens is 206 g/mol. The number of nitrogens with one attached hydrogen (secondary N) is 1. The molecule has 0 aliphatic rings. The van der Waals surface area contributed by atoms with Crippen LogP contribution in [0.2, 0.25) is 0 Å². The van der Waals surface area contributed by atoms with E-state index >= 15 is 0 Å². The predicted molar refractivity (Wildman–Crippen MR) is 61.6 cm³/mol. The number of hydrogen-bond acceptors (Lipinski definition) is 3. The van der Waals surface area contributed by atoms with E-state index in [4.69, 9.17) is 9.47 Å². The highest BCUT2D eigenvalue weighted by Crippen LogP contribution is 2.27. The van der Waals surface area contributed by atoms with E-state index in [1.165, 1.54) is 0 Å². The van der Waals surface area contributed by atoms with Crippen molar-refractivity contribution >= 4 is 5.91 Å². The van der Waals surface area contributed by atoms with Crippen molar-refractivity contribution in [3.05, 3.63) is 30.7 Å². The van der Waals surface area contributed by atoms with Crippen LogP contribution in [0.4, 0.5) is 0 Å². The maximum atomic E-state index is 10.6. The van der Waals surface area contributed by atoms with Gasteiger partial charge in [0.25, 0.3) is 0 Å². The molecule has 0 spiro atoms. The quantitative estimate of drug-likeness (QED) is 0.814. The van der Waals surface area contributed by atoms with Gasteiger partial charge in [-0.1, -0.05) is 6.07 Å². The van der Waals surface area contributed by atoms with Crippen LogP contribution in [0.15, 0.2) is 18.2 Å². The summed E-state index contributed by atoms with van der Waals surface area (Å²) in [4.78, 5) is 10.6. The number of rotatable bonds is 5. The molecule has 4 heteroatoms. The Morgan fingerprint density at radius 1 is 1.31 bits per heavy atom. The molecule has 0 aliphatic carbocycles. The average molecular weight is 222 g/mol. The van der Waals surface area contributed by atoms with Gasteiger partial charge in [0, 0.05) is 13.5 Å². The van der Waals surface area contributed by atoms with Crippen LogP contribution in [0, 0.1) is 6.92 Å². The standard InChI is InChI=1S/C12H16NO3/c1-9(14)13-7-6-10-4-5-11(15-2)12(8-10)16-3/h4-5,8H,1,6-7H2,2-3H3,(H,13,14). The van der Waals surface area contributed by atoms with Gasteiger partial charge in [0.15, 0.2) is 11.5 Å². The molecule has 87 valence electrons. The summed E-state index contributed by atoms with van der Waals surface area (Å²) >= 11 is 0. The van der Waals surface area contributed by atoms with Crippen molar-refractivity contribution in [3.63, 3.8) is 0 Å². The van der Waals surface area contributed by atoms with E-state index < -0.39 is 0 Å². The summed E-state index contributed by atoms with van der Waals surface area (Å²) in [6.07, 6.45) is 0.738. The Morgan fingerprint density at radius 3 is 2.56 bits per heavy atom. The van der Waals surface area contributed by atoms with Crippen LogP contribution in [0.3, 0.4) is 0 Å². The highest BCUT2D eigenvalue weighted by molar-refractivity contribution is 5.79. The largest absolute Gasteiger partial charge is 0.493 e. The highest BCUT2D eigenvalue weighted by Gasteiger charge is 2.04. The monoisotopic (exact) mass is 222 g/mol. The molecule has 0 unspecified atom stereocenters. The van der Waals surface area contributed by atoms with E-state index in [1.54, 1.807) is 14.2 Å². The molecule has 1 rings (SSSR count). The normalized spacial score (nSPS) is 9.69. The number of methoxy groups -OCH3 is 2. The fraction of sp³-hybridized carbons (Fsp3) is 0.333. The van der Waals surface area contributed by atoms with Gasteiger partial charge in [-0.15, -0.1) is 0 Å². The lowest BCUT2D eigenvalue weighted by Crippen LogP contribution is -2.22. The number of benzene rings is 1. The number of carbonyl (C=O) groups is 1. The Labute approximate surface area is 95.6 Å². The number of carbonyl (C=O) groups excluding carboxylic acids is 1. The fourth-order valence-electron chi connectivity index (χ4n) is 1.38. The average Bonchev–Trinajstić information content (AvgIpc) is 2.28. The minimum Gasteiger partial charge on any atom is -0.493 e. The van der Waals surface area contributed by atoms with Gasteiger partial charge in [0.05, 0.1) is 14.2 Å². The Kier molecular flexibility index (Phi) is 4.64. The molecule has 0 atom stereocenters. The Balaban J connectivity index is 2.64. The van der Waals surface area contributed by atoms with E-state index in [2.05, 4.69) is 12.2 Å². The minimum atomic E-state index is -0.263. The molecular formula is C12H16NO3. The fourth-order valence-corrected chi connectivity index (χ4v) is 1.38. The Hall–Kier alpha value is -1.71. The van der Waals surface area contributed by atoms with Gasteiger partial charge >= 0.3 is 0 Å². The van der Waals surface area contributed by atoms with E-state index in [-0.39, 0.29) is 5.91 Å². The summed E-state index contributed by atoms with van der Waals surface area (Å²) in [5.41, 5.74) is 1.08. The first-order chi connectivity index (χ1) is 7.67. The molecule has 16 heavy (non-hydrogen) atoms. The molecule has 1 aromatic carbocycles. The number of ether oxygens (including phenoxy) is 2. The van der Waals surface area contributed by atoms with E-state index in [9.17, 15) is 4.79 Å². The van der Waals surface area contributed by atoms with E-state index in [0.717, 1.165) is 12.0 Å². The second-order valence-electron chi connectivity index (χ2n) is 3.29. The summed E-state index contributed by atoms with van der Waals surface area (Å²) in [5, 5.41) is 2.64. The Morgan fingerprint density at radius 2 is 2.00 bits per heavy atom. The third-order valence-corrected chi connectivity index (χ3v) is 2.18. The van der Waals surface area contributed by atoms with Gasteiger partial charge in [0.2, 0.25) is 5.91 Å². The summed E-state index contributed by atoms with van der Waals surface area (Å²) in [6.45, 7) is 3.80. The Bertz CT molecular complexity index is 363. The molecule has 1 N–H and O–H groups in total. The van der Waals surface area contributed by atoms with Crippen LogP contribution in [0.1, 0.15) is 5.56 Å². The first-order valence-corrected chi connectivity index (χ1v) is 4.98. The van der Waals surface area contributed by atoms with Crippen molar-refractivity contribution < 1.29 is 14.3 Å². The zero-order chi connectivity index (χ0) is 12.0. The molecule has 4 nitrogen and oxygen atoms in total. The molecule has 0 aromatic heterocycles. The molecule has 0 saturated heterocycles. The molecule has 0 heterocycles. The van der Waals surface area contributed by atoms with Crippen LogP contribution in [-0.2, 0) is 11.2 Å². The predicted octanol–water partition coefficient (Wildman–Crippen LogP) is 1.20. The van der Waals surface area contributed by atoms with Gasteiger partial charge in [-0.3, -0.25) is 4.79 Å². The van der Waals surface area contributed by atoms with E-state index in [0.29, 0.717) is 18.0 Å². The SMILES string of the molecule is [CH2]C(=O)NCCc1ccc(OC)c(OC)c1. The van der Waals surface area contributed by atoms with Gasteiger partial charge in [-0.05, 0) is 24.1 Å². The minimum absolute atomic E-state index is 0.263. The van der Waals surface area contributed by atoms with Crippen molar-refractivity contribution in [2.24, 2.45) is 0 Å².